The number of aliphatic hydroxyl groups excluding tert-OH is 2. The number of carbonyl (C=O) groups is 5. The van der Waals surface area contributed by atoms with Gasteiger partial charge in [-0.3, -0.25) is 24.0 Å². The molecular weight excluding hydrogens is 488 g/mol. The van der Waals surface area contributed by atoms with Gasteiger partial charge in [-0.15, -0.1) is 0 Å². The third kappa shape index (κ3) is 3.58. The molecule has 0 aliphatic heterocycles. The fourth-order valence-electron chi connectivity index (χ4n) is 8.86. The number of hydrogen-bond donors (Lipinski definition) is 3. The SMILES string of the molecule is CC(CC(=O)C[C@@H](C)C1CC(=O)[C@@]2(C)C3=C(C(=O)C(O)[C@]12C)[C@@]1(C)CCC(O)C(C)(C)C1CC3=O)C(=O)O. The van der Waals surface area contributed by atoms with Crippen molar-refractivity contribution < 1.29 is 39.3 Å². The summed E-state index contributed by atoms with van der Waals surface area (Å²) in [5.41, 5.74) is -3.58. The Morgan fingerprint density at radius 2 is 1.55 bits per heavy atom. The lowest BCUT2D eigenvalue weighted by Gasteiger charge is -2.60. The van der Waals surface area contributed by atoms with Gasteiger partial charge in [0.05, 0.1) is 17.4 Å². The highest BCUT2D eigenvalue weighted by Gasteiger charge is 2.73. The Kier molecular flexibility index (Phi) is 6.76. The van der Waals surface area contributed by atoms with Crippen LogP contribution in [0.3, 0.4) is 0 Å². The number of ketones is 4. The maximum Gasteiger partial charge on any atom is 0.306 e. The number of carboxylic acids is 1. The molecule has 0 aromatic heterocycles. The first-order valence-corrected chi connectivity index (χ1v) is 13.8. The van der Waals surface area contributed by atoms with Gasteiger partial charge in [0.1, 0.15) is 17.7 Å². The average Bonchev–Trinajstić information content (AvgIpc) is 3.03. The Morgan fingerprint density at radius 1 is 0.947 bits per heavy atom. The van der Waals surface area contributed by atoms with Crippen molar-refractivity contribution in [1.82, 2.24) is 0 Å². The zero-order chi connectivity index (χ0) is 28.7. The monoisotopic (exact) mass is 530 g/mol. The molecule has 210 valence electrons. The molecule has 8 heteroatoms. The third-order valence-corrected chi connectivity index (χ3v) is 11.5. The van der Waals surface area contributed by atoms with E-state index in [1.807, 2.05) is 20.8 Å². The van der Waals surface area contributed by atoms with Crippen LogP contribution in [0.5, 0.6) is 0 Å². The predicted molar refractivity (Wildman–Crippen MR) is 138 cm³/mol. The molecule has 0 aromatic carbocycles. The van der Waals surface area contributed by atoms with Gasteiger partial charge in [-0.05, 0) is 42.9 Å². The van der Waals surface area contributed by atoms with Gasteiger partial charge in [0.2, 0.25) is 0 Å². The van der Waals surface area contributed by atoms with E-state index in [9.17, 15) is 39.3 Å². The number of fused-ring (bicyclic) bond motifs is 4. The minimum atomic E-state index is -1.53. The molecule has 4 aliphatic carbocycles. The largest absolute Gasteiger partial charge is 0.481 e. The summed E-state index contributed by atoms with van der Waals surface area (Å²) >= 11 is 0. The molecule has 5 unspecified atom stereocenters. The van der Waals surface area contributed by atoms with Crippen LogP contribution in [-0.2, 0) is 24.0 Å². The molecule has 9 atom stereocenters. The lowest BCUT2D eigenvalue weighted by Crippen LogP contribution is -2.64. The number of Topliss-reactive ketones (excluding diaryl/α,β-unsaturated/α-hetero) is 4. The van der Waals surface area contributed by atoms with E-state index >= 15 is 0 Å². The number of aliphatic hydroxyl groups is 2. The van der Waals surface area contributed by atoms with Crippen LogP contribution in [0.15, 0.2) is 11.1 Å². The third-order valence-electron chi connectivity index (χ3n) is 11.5. The molecule has 38 heavy (non-hydrogen) atoms. The number of carboxylic acid groups (broad SMARTS) is 1. The summed E-state index contributed by atoms with van der Waals surface area (Å²) in [6.07, 6.45) is -1.20. The second kappa shape index (κ2) is 8.91. The van der Waals surface area contributed by atoms with Crippen molar-refractivity contribution >= 4 is 29.1 Å². The smallest absolute Gasteiger partial charge is 0.306 e. The number of allylic oxidation sites excluding steroid dienone is 1. The molecule has 4 rings (SSSR count). The van der Waals surface area contributed by atoms with Crippen molar-refractivity contribution in [1.29, 1.82) is 0 Å². The fraction of sp³-hybridized carbons (Fsp3) is 0.767. The first kappa shape index (κ1) is 28.8. The molecule has 0 radical (unpaired) electrons. The summed E-state index contributed by atoms with van der Waals surface area (Å²) < 4.78 is 0. The number of aliphatic carboxylic acids is 1. The van der Waals surface area contributed by atoms with Crippen LogP contribution in [0.25, 0.3) is 0 Å². The van der Waals surface area contributed by atoms with E-state index < -0.39 is 63.4 Å². The van der Waals surface area contributed by atoms with Crippen molar-refractivity contribution in [3.05, 3.63) is 11.1 Å². The lowest BCUT2D eigenvalue weighted by atomic mass is 9.42. The molecule has 0 aromatic rings. The van der Waals surface area contributed by atoms with Gasteiger partial charge in [-0.25, -0.2) is 0 Å². The van der Waals surface area contributed by atoms with Crippen LogP contribution in [0.4, 0.5) is 0 Å². The number of carbonyl (C=O) groups excluding carboxylic acids is 4. The molecule has 3 N–H and O–H groups in total. The first-order chi connectivity index (χ1) is 17.4. The van der Waals surface area contributed by atoms with Gasteiger partial charge in [0, 0.05) is 47.7 Å². The van der Waals surface area contributed by atoms with Crippen molar-refractivity contribution in [2.24, 2.45) is 45.3 Å². The van der Waals surface area contributed by atoms with Gasteiger partial charge >= 0.3 is 5.97 Å². The molecule has 0 heterocycles. The van der Waals surface area contributed by atoms with E-state index in [2.05, 4.69) is 0 Å². The van der Waals surface area contributed by atoms with E-state index in [-0.39, 0.29) is 60.1 Å². The Balaban J connectivity index is 1.80. The Bertz CT molecular complexity index is 1150. The van der Waals surface area contributed by atoms with Gasteiger partial charge in [-0.2, -0.15) is 0 Å². The average molecular weight is 531 g/mol. The van der Waals surface area contributed by atoms with Crippen LogP contribution in [0.1, 0.15) is 87.0 Å². The minimum absolute atomic E-state index is 0.0217. The highest BCUT2D eigenvalue weighted by Crippen LogP contribution is 2.70. The normalized spacial score (nSPS) is 41.8. The van der Waals surface area contributed by atoms with E-state index in [0.717, 1.165) is 0 Å². The molecule has 4 aliphatic rings. The molecule has 0 spiro atoms. The van der Waals surface area contributed by atoms with E-state index in [1.165, 1.54) is 6.92 Å². The van der Waals surface area contributed by atoms with Gasteiger partial charge < -0.3 is 15.3 Å². The fourth-order valence-corrected chi connectivity index (χ4v) is 8.86. The molecular formula is C30H42O8. The topological polar surface area (TPSA) is 146 Å². The molecule has 0 bridgehead atoms. The molecule has 0 amide bonds. The first-order valence-electron chi connectivity index (χ1n) is 13.8. The summed E-state index contributed by atoms with van der Waals surface area (Å²) in [7, 11) is 0. The second-order valence-electron chi connectivity index (χ2n) is 13.8. The van der Waals surface area contributed by atoms with Gasteiger partial charge in [-0.1, -0.05) is 41.5 Å². The summed E-state index contributed by atoms with van der Waals surface area (Å²) in [5.74, 6) is -4.41. The Labute approximate surface area is 224 Å². The van der Waals surface area contributed by atoms with Crippen molar-refractivity contribution in [3.8, 4) is 0 Å². The highest BCUT2D eigenvalue weighted by molar-refractivity contribution is 6.17. The zero-order valence-corrected chi connectivity index (χ0v) is 23.6. The second-order valence-corrected chi connectivity index (χ2v) is 13.8. The number of hydrogen-bond acceptors (Lipinski definition) is 7. The quantitative estimate of drug-likeness (QED) is 0.474. The lowest BCUT2D eigenvalue weighted by molar-refractivity contribution is -0.159. The maximum absolute atomic E-state index is 14.1. The standard InChI is InChI=1S/C30H42O8/c1-14(10-16(31)11-15(2)26(37)38)17-12-21(34)30(7)22-18(32)13-19-27(3,4)20(33)8-9-28(19,5)23(22)24(35)25(36)29(17,30)6/h14-15,17,19-20,25,33,36H,8-13H2,1-7H3,(H,37,38)/t14-,15?,17?,19?,20?,25?,28+,29+,30+/m1/s1. The van der Waals surface area contributed by atoms with Crippen molar-refractivity contribution in [3.63, 3.8) is 0 Å². The zero-order valence-electron chi connectivity index (χ0n) is 23.6. The van der Waals surface area contributed by atoms with Crippen LogP contribution >= 0.6 is 0 Å². The summed E-state index contributed by atoms with van der Waals surface area (Å²) in [6.45, 7) is 12.4. The van der Waals surface area contributed by atoms with E-state index in [1.54, 1.807) is 20.8 Å². The summed E-state index contributed by atoms with van der Waals surface area (Å²) in [5, 5.41) is 31.6. The molecule has 0 saturated heterocycles. The predicted octanol–water partition coefficient (Wildman–Crippen LogP) is 3.31. The molecule has 8 nitrogen and oxygen atoms in total. The number of rotatable bonds is 6. The van der Waals surface area contributed by atoms with E-state index in [4.69, 9.17) is 0 Å². The Hall–Kier alpha value is -2.19. The van der Waals surface area contributed by atoms with Gasteiger partial charge in [0.25, 0.3) is 0 Å². The van der Waals surface area contributed by atoms with Crippen molar-refractivity contribution in [2.45, 2.75) is 99.2 Å². The van der Waals surface area contributed by atoms with Gasteiger partial charge in [0.15, 0.2) is 11.6 Å². The molecule has 2 fully saturated rings. The van der Waals surface area contributed by atoms with Crippen LogP contribution in [0, 0.1) is 45.3 Å². The summed E-state index contributed by atoms with van der Waals surface area (Å²) in [4.78, 5) is 65.8. The highest BCUT2D eigenvalue weighted by atomic mass is 16.4. The minimum Gasteiger partial charge on any atom is -0.481 e. The van der Waals surface area contributed by atoms with Crippen LogP contribution < -0.4 is 0 Å². The van der Waals surface area contributed by atoms with E-state index in [0.29, 0.717) is 12.8 Å². The maximum atomic E-state index is 14.1. The Morgan fingerprint density at radius 3 is 2.13 bits per heavy atom. The summed E-state index contributed by atoms with van der Waals surface area (Å²) in [6, 6.07) is 0. The van der Waals surface area contributed by atoms with Crippen LogP contribution in [-0.4, -0.2) is 56.6 Å². The van der Waals surface area contributed by atoms with Crippen LogP contribution in [0.2, 0.25) is 0 Å². The molecule has 2 saturated carbocycles. The van der Waals surface area contributed by atoms with Crippen molar-refractivity contribution in [2.75, 3.05) is 0 Å².